The van der Waals surface area contributed by atoms with Gasteiger partial charge in [0.1, 0.15) is 5.75 Å². The molecule has 0 amide bonds. The van der Waals surface area contributed by atoms with Crippen molar-refractivity contribution in [2.24, 2.45) is 0 Å². The molecule has 0 saturated heterocycles. The summed E-state index contributed by atoms with van der Waals surface area (Å²) in [6, 6.07) is 1.88. The van der Waals surface area contributed by atoms with Gasteiger partial charge in [0.15, 0.2) is 11.5 Å². The molecule has 0 radical (unpaired) electrons. The van der Waals surface area contributed by atoms with Gasteiger partial charge < -0.3 is 50.2 Å². The molecule has 1 aliphatic rings. The molecule has 1 aliphatic heterocycles. The van der Waals surface area contributed by atoms with Crippen LogP contribution in [-0.4, -0.2) is 27.9 Å². The Balaban J connectivity index is 0.00000242. The van der Waals surface area contributed by atoms with Crippen molar-refractivity contribution in [3.05, 3.63) is 42.8 Å². The first kappa shape index (κ1) is 21.6. The molecule has 128 valence electrons. The average Bonchev–Trinajstić information content (AvgIpc) is 2.63. The Morgan fingerprint density at radius 2 is 1.78 bits per heavy atom. The molecule has 0 aromatic heterocycles. The molecule has 1 atom stereocenters. The van der Waals surface area contributed by atoms with Crippen molar-refractivity contribution in [1.82, 2.24) is 0 Å². The van der Waals surface area contributed by atoms with Gasteiger partial charge in [-0.15, -0.1) is 6.92 Å². The van der Waals surface area contributed by atoms with E-state index in [0.29, 0.717) is 29.4 Å². The number of methoxy groups -OCH3 is 3. The molecular formula is C18H23CoO4. The normalized spacial score (nSPS) is 18.2. The van der Waals surface area contributed by atoms with Crippen molar-refractivity contribution in [2.45, 2.75) is 20.0 Å². The maximum absolute atomic E-state index is 6.32. The van der Waals surface area contributed by atoms with Crippen LogP contribution in [0.15, 0.2) is 11.6 Å². The SMILES string of the molecule is [CH-]=C1C(=[C-]C)COC(C)c2cc(OC)c(OC)c(OC)c21.[CH3-].[Co+3]. The molecule has 1 heterocycles. The number of benzene rings is 1. The predicted octanol–water partition coefficient (Wildman–Crippen LogP) is 3.82. The fourth-order valence-electron chi connectivity index (χ4n) is 2.51. The van der Waals surface area contributed by atoms with E-state index >= 15 is 0 Å². The summed E-state index contributed by atoms with van der Waals surface area (Å²) < 4.78 is 22.2. The van der Waals surface area contributed by atoms with Crippen molar-refractivity contribution < 1.29 is 35.7 Å². The van der Waals surface area contributed by atoms with Crippen LogP contribution in [0.25, 0.3) is 5.57 Å². The molecule has 5 heteroatoms. The van der Waals surface area contributed by atoms with Crippen LogP contribution in [0.5, 0.6) is 17.2 Å². The Bertz CT molecular complexity index is 593. The Morgan fingerprint density at radius 3 is 2.26 bits per heavy atom. The zero-order valence-corrected chi connectivity index (χ0v) is 15.4. The molecule has 0 N–H and O–H groups in total. The summed E-state index contributed by atoms with van der Waals surface area (Å²) in [6.45, 7) is 10.5. The fourth-order valence-corrected chi connectivity index (χ4v) is 2.51. The van der Waals surface area contributed by atoms with Crippen LogP contribution < -0.4 is 14.2 Å². The van der Waals surface area contributed by atoms with Gasteiger partial charge in [-0.05, 0) is 19.6 Å². The van der Waals surface area contributed by atoms with Gasteiger partial charge in [0.2, 0.25) is 0 Å². The number of hydrogen-bond donors (Lipinski definition) is 0. The second kappa shape index (κ2) is 9.01. The number of fused-ring (bicyclic) bond motifs is 1. The topological polar surface area (TPSA) is 36.9 Å². The van der Waals surface area contributed by atoms with Gasteiger partial charge in [-0.3, -0.25) is 0 Å². The third-order valence-electron chi connectivity index (χ3n) is 3.67. The summed E-state index contributed by atoms with van der Waals surface area (Å²) >= 11 is 0. The number of rotatable bonds is 3. The van der Waals surface area contributed by atoms with Crippen LogP contribution >= 0.6 is 0 Å². The van der Waals surface area contributed by atoms with E-state index in [9.17, 15) is 0 Å². The van der Waals surface area contributed by atoms with E-state index in [1.165, 1.54) is 0 Å². The summed E-state index contributed by atoms with van der Waals surface area (Å²) in [5.41, 5.74) is 3.09. The van der Waals surface area contributed by atoms with Crippen LogP contribution in [0.1, 0.15) is 31.1 Å². The van der Waals surface area contributed by atoms with Crippen molar-refractivity contribution in [3.63, 3.8) is 0 Å². The minimum atomic E-state index is -0.141. The van der Waals surface area contributed by atoms with Gasteiger partial charge in [0, 0.05) is 0 Å². The van der Waals surface area contributed by atoms with Gasteiger partial charge in [-0.1, -0.05) is 5.56 Å². The average molecular weight is 362 g/mol. The predicted molar refractivity (Wildman–Crippen MR) is 87.0 cm³/mol. The molecule has 2 rings (SSSR count). The van der Waals surface area contributed by atoms with Crippen LogP contribution in [0, 0.1) is 20.1 Å². The van der Waals surface area contributed by atoms with E-state index in [2.05, 4.69) is 6.08 Å². The second-order valence-corrected chi connectivity index (χ2v) is 4.71. The third-order valence-corrected chi connectivity index (χ3v) is 3.67. The van der Waals surface area contributed by atoms with E-state index in [1.807, 2.05) is 19.9 Å². The first-order valence-corrected chi connectivity index (χ1v) is 6.70. The summed E-state index contributed by atoms with van der Waals surface area (Å²) in [7, 11) is 4.74. The molecule has 0 saturated carbocycles. The third kappa shape index (κ3) is 3.74. The summed E-state index contributed by atoms with van der Waals surface area (Å²) in [5, 5.41) is 0. The molecule has 0 aliphatic carbocycles. The van der Waals surface area contributed by atoms with Crippen molar-refractivity contribution in [1.29, 1.82) is 0 Å². The molecule has 0 fully saturated rings. The Morgan fingerprint density at radius 1 is 1.17 bits per heavy atom. The first-order chi connectivity index (χ1) is 10.1. The van der Waals surface area contributed by atoms with Crippen molar-refractivity contribution in [3.8, 4) is 17.2 Å². The monoisotopic (exact) mass is 362 g/mol. The minimum Gasteiger partial charge on any atom is -0.507 e. The molecule has 1 aromatic carbocycles. The second-order valence-electron chi connectivity index (χ2n) is 4.71. The van der Waals surface area contributed by atoms with Gasteiger partial charge in [0.05, 0.1) is 27.4 Å². The van der Waals surface area contributed by atoms with Crippen LogP contribution in [-0.2, 0) is 21.5 Å². The summed E-state index contributed by atoms with van der Waals surface area (Å²) in [4.78, 5) is 0. The molecule has 0 spiro atoms. The van der Waals surface area contributed by atoms with E-state index < -0.39 is 0 Å². The number of allylic oxidation sites excluding steroid dienone is 1. The summed E-state index contributed by atoms with van der Waals surface area (Å²) in [5.74, 6) is 1.66. The van der Waals surface area contributed by atoms with Crippen molar-refractivity contribution in [2.75, 3.05) is 27.9 Å². The molecule has 23 heavy (non-hydrogen) atoms. The van der Waals surface area contributed by atoms with Gasteiger partial charge in [-0.2, -0.15) is 5.56 Å². The maximum Gasteiger partial charge on any atom is 3.00 e. The number of ether oxygens (including phenoxy) is 4. The quantitative estimate of drug-likeness (QED) is 0.766. The van der Waals surface area contributed by atoms with E-state index in [4.69, 9.17) is 25.5 Å². The smallest absolute Gasteiger partial charge is 0.507 e. The van der Waals surface area contributed by atoms with E-state index in [0.717, 1.165) is 16.7 Å². The Labute approximate surface area is 149 Å². The van der Waals surface area contributed by atoms with E-state index in [-0.39, 0.29) is 30.3 Å². The minimum absolute atomic E-state index is 0. The van der Waals surface area contributed by atoms with Crippen LogP contribution in [0.3, 0.4) is 0 Å². The van der Waals surface area contributed by atoms with Gasteiger partial charge in [0.25, 0.3) is 0 Å². The molecule has 1 unspecified atom stereocenters. The van der Waals surface area contributed by atoms with Gasteiger partial charge in [-0.25, -0.2) is 0 Å². The molecular weight excluding hydrogens is 339 g/mol. The Hall–Kier alpha value is -1.43. The largest absolute Gasteiger partial charge is 3.00 e. The standard InChI is InChI=1S/C17H20O4.CH3.Co/c1-7-12-9-21-11(3)13-8-14(18-4)16(19-5)17(20-6)15(13)10(12)2;;/h2,8,11H,9H2,1,3-6H3;1H3;/q-2;-1;+3. The summed E-state index contributed by atoms with van der Waals surface area (Å²) in [6.07, 6.45) is 2.93. The maximum atomic E-state index is 6.32. The van der Waals surface area contributed by atoms with Crippen LogP contribution in [0.4, 0.5) is 0 Å². The number of hydrogen-bond acceptors (Lipinski definition) is 4. The Kier molecular flexibility index (Phi) is 8.45. The van der Waals surface area contributed by atoms with E-state index in [1.54, 1.807) is 21.3 Å². The van der Waals surface area contributed by atoms with Crippen molar-refractivity contribution >= 4 is 5.57 Å². The van der Waals surface area contributed by atoms with Crippen LogP contribution in [0.2, 0.25) is 0 Å². The molecule has 0 bridgehead atoms. The zero-order chi connectivity index (χ0) is 15.6. The molecule has 1 aromatic rings. The first-order valence-electron chi connectivity index (χ1n) is 6.70. The fraction of sp³-hybridized carbons (Fsp3) is 0.389. The van der Waals surface area contributed by atoms with Gasteiger partial charge >= 0.3 is 16.8 Å². The molecule has 4 nitrogen and oxygen atoms in total. The zero-order valence-electron chi connectivity index (χ0n) is 14.4.